The van der Waals surface area contributed by atoms with E-state index in [1.165, 1.54) is 16.8 Å². The van der Waals surface area contributed by atoms with Gasteiger partial charge in [0.1, 0.15) is 0 Å². The van der Waals surface area contributed by atoms with E-state index in [9.17, 15) is 8.42 Å². The predicted octanol–water partition coefficient (Wildman–Crippen LogP) is 0.240. The number of aryl methyl sites for hydroxylation is 1. The van der Waals surface area contributed by atoms with Gasteiger partial charge in [0, 0.05) is 32.3 Å². The van der Waals surface area contributed by atoms with Crippen LogP contribution in [0.3, 0.4) is 0 Å². The fraction of sp³-hybridized carbons (Fsp3) is 0.600. The van der Waals surface area contributed by atoms with Gasteiger partial charge in [0.15, 0.2) is 5.03 Å². The zero-order chi connectivity index (χ0) is 13.8. The van der Waals surface area contributed by atoms with E-state index in [-0.39, 0.29) is 23.8 Å². The van der Waals surface area contributed by atoms with E-state index < -0.39 is 10.0 Å². The molecule has 0 radical (unpaired) electrons. The lowest BCUT2D eigenvalue weighted by atomic mass is 10.4. The van der Waals surface area contributed by atoms with E-state index in [1.807, 2.05) is 6.92 Å². The van der Waals surface area contributed by atoms with Crippen LogP contribution in [-0.4, -0.2) is 41.2 Å². The van der Waals surface area contributed by atoms with Crippen molar-refractivity contribution < 1.29 is 8.42 Å². The largest absolute Gasteiger partial charge is 0.388 e. The zero-order valence-corrected chi connectivity index (χ0v) is 11.4. The summed E-state index contributed by atoms with van der Waals surface area (Å²) in [5, 5.41) is 7.18. The highest BCUT2D eigenvalue weighted by atomic mass is 32.2. The van der Waals surface area contributed by atoms with Crippen molar-refractivity contribution in [3.63, 3.8) is 0 Å². The fourth-order valence-electron chi connectivity index (χ4n) is 1.47. The summed E-state index contributed by atoms with van der Waals surface area (Å²) in [6.45, 7) is 4.85. The molecule has 1 aromatic heterocycles. The monoisotopic (exact) mass is 273 g/mol. The summed E-state index contributed by atoms with van der Waals surface area (Å²) in [6.07, 6.45) is 3.22. The number of sulfonamides is 1. The van der Waals surface area contributed by atoms with Crippen LogP contribution >= 0.6 is 0 Å². The molecule has 0 aliphatic heterocycles. The van der Waals surface area contributed by atoms with Crippen LogP contribution in [0.1, 0.15) is 20.3 Å². The summed E-state index contributed by atoms with van der Waals surface area (Å²) in [5.74, 6) is -0.0252. The lowest BCUT2D eigenvalue weighted by Crippen LogP contribution is -2.34. The lowest BCUT2D eigenvalue weighted by Gasteiger charge is -2.18. The second-order valence-electron chi connectivity index (χ2n) is 3.81. The second kappa shape index (κ2) is 5.96. The maximum Gasteiger partial charge on any atom is 0.262 e. The van der Waals surface area contributed by atoms with Crippen molar-refractivity contribution in [1.82, 2.24) is 13.9 Å². The Morgan fingerprint density at radius 3 is 2.67 bits per heavy atom. The summed E-state index contributed by atoms with van der Waals surface area (Å²) in [4.78, 5) is 3.90. The van der Waals surface area contributed by atoms with Crippen LogP contribution in [0.5, 0.6) is 0 Å². The average Bonchev–Trinajstić information content (AvgIpc) is 2.78. The molecular weight excluding hydrogens is 254 g/mol. The molecule has 1 aromatic rings. The topological polar surface area (TPSA) is 105 Å². The number of amidine groups is 1. The molecule has 3 N–H and O–H groups in total. The van der Waals surface area contributed by atoms with Gasteiger partial charge in [-0.15, -0.1) is 0 Å². The van der Waals surface area contributed by atoms with Gasteiger partial charge in [-0.25, -0.2) is 13.4 Å². The number of aromatic nitrogens is 2. The average molecular weight is 273 g/mol. The minimum absolute atomic E-state index is 0.0252. The van der Waals surface area contributed by atoms with E-state index >= 15 is 0 Å². The standard InChI is InChI=1S/C10H19N5O2S/c1-3-14-7-10(13-8-14)18(16,17)15(4-2)6-5-9(11)12/h7-8H,3-6H2,1-2H3,(H3,11,12). The lowest BCUT2D eigenvalue weighted by molar-refractivity contribution is 0.434. The van der Waals surface area contributed by atoms with Gasteiger partial charge < -0.3 is 10.3 Å². The highest BCUT2D eigenvalue weighted by Gasteiger charge is 2.25. The van der Waals surface area contributed by atoms with Gasteiger partial charge >= 0.3 is 0 Å². The summed E-state index contributed by atoms with van der Waals surface area (Å²) in [7, 11) is -3.59. The van der Waals surface area contributed by atoms with Gasteiger partial charge in [-0.1, -0.05) is 6.92 Å². The van der Waals surface area contributed by atoms with Crippen LogP contribution in [0.4, 0.5) is 0 Å². The Bertz CT molecular complexity index is 508. The van der Waals surface area contributed by atoms with E-state index in [0.29, 0.717) is 13.1 Å². The van der Waals surface area contributed by atoms with Crippen LogP contribution < -0.4 is 5.73 Å². The first kappa shape index (κ1) is 14.7. The molecule has 0 spiro atoms. The summed E-state index contributed by atoms with van der Waals surface area (Å²) >= 11 is 0. The van der Waals surface area contributed by atoms with Crippen molar-refractivity contribution in [2.45, 2.75) is 31.8 Å². The zero-order valence-electron chi connectivity index (χ0n) is 10.6. The molecule has 0 aromatic carbocycles. The van der Waals surface area contributed by atoms with Crippen molar-refractivity contribution in [3.05, 3.63) is 12.5 Å². The number of nitrogens with one attached hydrogen (secondary N) is 1. The summed E-state index contributed by atoms with van der Waals surface area (Å²) in [6, 6.07) is 0. The molecule has 0 atom stereocenters. The molecule has 0 bridgehead atoms. The molecule has 0 unspecified atom stereocenters. The molecule has 18 heavy (non-hydrogen) atoms. The predicted molar refractivity (Wildman–Crippen MR) is 68.9 cm³/mol. The van der Waals surface area contributed by atoms with Crippen molar-refractivity contribution in [2.24, 2.45) is 5.73 Å². The maximum absolute atomic E-state index is 12.2. The Kier molecular flexibility index (Phi) is 4.85. The van der Waals surface area contributed by atoms with Crippen molar-refractivity contribution >= 4 is 15.9 Å². The quantitative estimate of drug-likeness (QED) is 0.548. The SMILES string of the molecule is CCN(CCC(=N)N)S(=O)(=O)c1cn(CC)cn1. The molecule has 1 heterocycles. The first-order valence-corrected chi connectivity index (χ1v) is 7.20. The van der Waals surface area contributed by atoms with Gasteiger partial charge in [0.05, 0.1) is 12.2 Å². The molecule has 0 fully saturated rings. The van der Waals surface area contributed by atoms with E-state index in [4.69, 9.17) is 11.1 Å². The molecule has 1 rings (SSSR count). The molecule has 0 amide bonds. The third-order valence-electron chi connectivity index (χ3n) is 2.56. The smallest absolute Gasteiger partial charge is 0.262 e. The summed E-state index contributed by atoms with van der Waals surface area (Å²) < 4.78 is 27.5. The van der Waals surface area contributed by atoms with Crippen molar-refractivity contribution in [2.75, 3.05) is 13.1 Å². The number of hydrogen-bond acceptors (Lipinski definition) is 4. The number of hydrogen-bond donors (Lipinski definition) is 2. The van der Waals surface area contributed by atoms with E-state index in [2.05, 4.69) is 4.98 Å². The molecule has 0 saturated carbocycles. The highest BCUT2D eigenvalue weighted by molar-refractivity contribution is 7.89. The second-order valence-corrected chi connectivity index (χ2v) is 5.70. The van der Waals surface area contributed by atoms with Crippen LogP contribution in [-0.2, 0) is 16.6 Å². The Labute approximate surface area is 107 Å². The molecule has 7 nitrogen and oxygen atoms in total. The number of nitrogens with zero attached hydrogens (tertiary/aromatic N) is 3. The minimum Gasteiger partial charge on any atom is -0.388 e. The Morgan fingerprint density at radius 1 is 1.56 bits per heavy atom. The third kappa shape index (κ3) is 3.30. The van der Waals surface area contributed by atoms with Gasteiger partial charge in [-0.2, -0.15) is 4.31 Å². The molecule has 8 heteroatoms. The van der Waals surface area contributed by atoms with Crippen LogP contribution in [0.15, 0.2) is 17.6 Å². The maximum atomic E-state index is 12.2. The summed E-state index contributed by atoms with van der Waals surface area (Å²) in [5.41, 5.74) is 5.25. The first-order chi connectivity index (χ1) is 8.41. The van der Waals surface area contributed by atoms with Gasteiger partial charge in [-0.05, 0) is 6.92 Å². The molecular formula is C10H19N5O2S. The van der Waals surface area contributed by atoms with Crippen LogP contribution in [0.2, 0.25) is 0 Å². The van der Waals surface area contributed by atoms with Crippen molar-refractivity contribution in [3.8, 4) is 0 Å². The molecule has 0 aliphatic carbocycles. The van der Waals surface area contributed by atoms with Gasteiger partial charge in [0.2, 0.25) is 0 Å². The number of imidazole rings is 1. The van der Waals surface area contributed by atoms with Gasteiger partial charge in [0.25, 0.3) is 10.0 Å². The fourth-order valence-corrected chi connectivity index (χ4v) is 2.86. The number of nitrogens with two attached hydrogens (primary N) is 1. The van der Waals surface area contributed by atoms with E-state index in [0.717, 1.165) is 0 Å². The molecule has 102 valence electrons. The molecule has 0 aliphatic rings. The first-order valence-electron chi connectivity index (χ1n) is 5.76. The van der Waals surface area contributed by atoms with E-state index in [1.54, 1.807) is 11.5 Å². The van der Waals surface area contributed by atoms with Crippen LogP contribution in [0.25, 0.3) is 0 Å². The Balaban J connectivity index is 2.91. The van der Waals surface area contributed by atoms with Crippen molar-refractivity contribution in [1.29, 1.82) is 5.41 Å². The Hall–Kier alpha value is -1.41. The minimum atomic E-state index is -3.59. The van der Waals surface area contributed by atoms with Crippen LogP contribution in [0, 0.1) is 5.41 Å². The third-order valence-corrected chi connectivity index (χ3v) is 4.42. The normalized spacial score (nSPS) is 11.9. The number of rotatable bonds is 7. The Morgan fingerprint density at radius 2 is 2.22 bits per heavy atom. The molecule has 0 saturated heterocycles. The van der Waals surface area contributed by atoms with Gasteiger partial charge in [-0.3, -0.25) is 5.41 Å². The highest BCUT2D eigenvalue weighted by Crippen LogP contribution is 2.13.